The van der Waals surface area contributed by atoms with E-state index in [1.807, 2.05) is 14.0 Å². The van der Waals surface area contributed by atoms with Crippen LogP contribution in [-0.2, 0) is 16.6 Å². The summed E-state index contributed by atoms with van der Waals surface area (Å²) in [5.41, 5.74) is 3.18. The number of hydrogen-bond donors (Lipinski definition) is 0. The largest absolute Gasteiger partial charge is 0.268 e. The highest BCUT2D eigenvalue weighted by atomic mass is 32.2. The maximum Gasteiger partial charge on any atom is 0.117 e. The first kappa shape index (κ1) is 11.1. The second-order valence-corrected chi connectivity index (χ2v) is 6.95. The molecule has 0 unspecified atom stereocenters. The topological polar surface area (TPSA) is 60.7 Å². The maximum atomic E-state index is 11.8. The van der Waals surface area contributed by atoms with Gasteiger partial charge in [0.25, 0.3) is 0 Å². The number of fused-ring (bicyclic) bond motifs is 1. The second kappa shape index (κ2) is 3.55. The summed E-state index contributed by atoms with van der Waals surface area (Å²) in [6.07, 6.45) is 4.85. The molecule has 0 radical (unpaired) electrons. The van der Waals surface area contributed by atoms with E-state index in [9.17, 15) is 4.21 Å². The van der Waals surface area contributed by atoms with E-state index in [0.29, 0.717) is 5.69 Å². The minimum atomic E-state index is -1.98. The van der Waals surface area contributed by atoms with Gasteiger partial charge in [-0.3, -0.25) is 8.89 Å². The Hall–Kier alpha value is -1.43. The lowest BCUT2D eigenvalue weighted by molar-refractivity contribution is 0.688. The van der Waals surface area contributed by atoms with E-state index in [1.165, 1.54) is 6.33 Å². The van der Waals surface area contributed by atoms with Crippen molar-refractivity contribution in [3.05, 3.63) is 17.7 Å². The molecule has 6 heteroatoms. The van der Waals surface area contributed by atoms with Crippen molar-refractivity contribution in [1.29, 1.82) is 0 Å². The van der Waals surface area contributed by atoms with E-state index in [-0.39, 0.29) is 0 Å². The smallest absolute Gasteiger partial charge is 0.117 e. The summed E-state index contributed by atoms with van der Waals surface area (Å²) in [6.45, 7) is 1.90. The van der Waals surface area contributed by atoms with E-state index in [0.717, 1.165) is 16.7 Å². The molecule has 5 nitrogen and oxygen atoms in total. The Morgan fingerprint density at radius 2 is 2.06 bits per heavy atom. The van der Waals surface area contributed by atoms with Gasteiger partial charge in [0.1, 0.15) is 23.1 Å². The van der Waals surface area contributed by atoms with E-state index >= 15 is 0 Å². The van der Waals surface area contributed by atoms with Gasteiger partial charge in [-0.15, -0.1) is 0 Å². The van der Waals surface area contributed by atoms with Crippen molar-refractivity contribution in [3.8, 4) is 0 Å². The summed E-state index contributed by atoms with van der Waals surface area (Å²) >= 11 is 0. The molecule has 0 N–H and O–H groups in total. The van der Waals surface area contributed by atoms with Crippen LogP contribution in [0.3, 0.4) is 0 Å². The van der Waals surface area contributed by atoms with Crippen LogP contribution in [0.25, 0.3) is 11.0 Å². The van der Waals surface area contributed by atoms with Crippen LogP contribution in [0.15, 0.2) is 6.33 Å². The minimum Gasteiger partial charge on any atom is -0.268 e. The van der Waals surface area contributed by atoms with Crippen molar-refractivity contribution >= 4 is 25.9 Å². The molecule has 0 fully saturated rings. The summed E-state index contributed by atoms with van der Waals surface area (Å²) in [6, 6.07) is 0. The molecule has 0 aromatic carbocycles. The van der Waals surface area contributed by atoms with Gasteiger partial charge in [0.15, 0.2) is 0 Å². The molecule has 0 bridgehead atoms. The van der Waals surface area contributed by atoms with Crippen LogP contribution in [0.5, 0.6) is 0 Å². The second-order valence-electron chi connectivity index (χ2n) is 4.09. The zero-order valence-electron chi connectivity index (χ0n) is 9.76. The van der Waals surface area contributed by atoms with Crippen molar-refractivity contribution in [1.82, 2.24) is 19.7 Å². The van der Waals surface area contributed by atoms with Gasteiger partial charge in [0.2, 0.25) is 0 Å². The van der Waals surface area contributed by atoms with Crippen LogP contribution in [0.4, 0.5) is 0 Å². The van der Waals surface area contributed by atoms with Crippen molar-refractivity contribution in [2.75, 3.05) is 12.5 Å². The Bertz CT molecular complexity index is 657. The van der Waals surface area contributed by atoms with Crippen LogP contribution in [0.2, 0.25) is 0 Å². The highest BCUT2D eigenvalue weighted by molar-refractivity contribution is 8.00. The first-order valence-electron chi connectivity index (χ1n) is 4.82. The first-order chi connectivity index (χ1) is 7.38. The van der Waals surface area contributed by atoms with Gasteiger partial charge in [0, 0.05) is 24.9 Å². The third kappa shape index (κ3) is 1.92. The summed E-state index contributed by atoms with van der Waals surface area (Å²) in [5.74, 6) is 0. The fourth-order valence-corrected chi connectivity index (χ4v) is 2.36. The Morgan fingerprint density at radius 3 is 2.69 bits per heavy atom. The first-order valence-corrected chi connectivity index (χ1v) is 7.25. The van der Waals surface area contributed by atoms with E-state index < -0.39 is 9.52 Å². The average Bonchev–Trinajstić information content (AvgIpc) is 2.41. The molecule has 0 saturated heterocycles. The zero-order valence-corrected chi connectivity index (χ0v) is 10.6. The van der Waals surface area contributed by atoms with Crippen molar-refractivity contribution < 1.29 is 4.21 Å². The molecule has 0 saturated carbocycles. The van der Waals surface area contributed by atoms with Gasteiger partial charge in [-0.25, -0.2) is 9.97 Å². The number of nitrogens with zero attached hydrogens (tertiary/aromatic N) is 4. The molecule has 0 aliphatic carbocycles. The van der Waals surface area contributed by atoms with Crippen LogP contribution < -0.4 is 0 Å². The summed E-state index contributed by atoms with van der Waals surface area (Å²) in [7, 11) is -0.146. The van der Waals surface area contributed by atoms with E-state index in [2.05, 4.69) is 15.1 Å². The molecule has 0 amide bonds. The lowest BCUT2D eigenvalue weighted by atomic mass is 10.3. The third-order valence-corrected chi connectivity index (χ3v) is 3.00. The van der Waals surface area contributed by atoms with Gasteiger partial charge in [-0.05, 0) is 16.4 Å². The molecular formula is C10H14N4OS. The van der Waals surface area contributed by atoms with Gasteiger partial charge >= 0.3 is 0 Å². The lowest BCUT2D eigenvalue weighted by Gasteiger charge is -2.00. The molecule has 86 valence electrons. The van der Waals surface area contributed by atoms with E-state index in [4.69, 9.17) is 0 Å². The van der Waals surface area contributed by atoms with Crippen LogP contribution in [-0.4, -0.2) is 41.8 Å². The number of aryl methyl sites for hydroxylation is 2. The molecule has 0 spiro atoms. The molecule has 2 aromatic heterocycles. The highest BCUT2D eigenvalue weighted by Gasteiger charge is 2.10. The molecule has 2 rings (SSSR count). The summed E-state index contributed by atoms with van der Waals surface area (Å²) in [4.78, 5) is 8.34. The molecule has 2 aromatic rings. The predicted octanol–water partition coefficient (Wildman–Crippen LogP) is 0.366. The number of hydrogen-bond acceptors (Lipinski definition) is 4. The summed E-state index contributed by atoms with van der Waals surface area (Å²) < 4.78 is 13.5. The van der Waals surface area contributed by atoms with Gasteiger partial charge in [-0.1, -0.05) is 0 Å². The van der Waals surface area contributed by atoms with Crippen molar-refractivity contribution in [2.45, 2.75) is 6.92 Å². The lowest BCUT2D eigenvalue weighted by Crippen LogP contribution is -2.04. The Morgan fingerprint density at radius 1 is 1.38 bits per heavy atom. The van der Waals surface area contributed by atoms with Crippen LogP contribution >= 0.6 is 0 Å². The Labute approximate surface area is 94.5 Å². The van der Waals surface area contributed by atoms with Gasteiger partial charge < -0.3 is 0 Å². The van der Waals surface area contributed by atoms with Crippen molar-refractivity contribution in [2.24, 2.45) is 7.05 Å². The van der Waals surface area contributed by atoms with Gasteiger partial charge in [0.05, 0.1) is 5.69 Å². The van der Waals surface area contributed by atoms with Gasteiger partial charge in [-0.2, -0.15) is 5.10 Å². The average molecular weight is 238 g/mol. The SMILES string of the molecule is Cc1nn(C)c2c(C=S(C)(C)=O)ncnc12. The van der Waals surface area contributed by atoms with E-state index in [1.54, 1.807) is 22.6 Å². The number of rotatable bonds is 1. The normalized spacial score (nSPS) is 12.0. The molecule has 2 heterocycles. The van der Waals surface area contributed by atoms with Crippen molar-refractivity contribution in [3.63, 3.8) is 0 Å². The zero-order chi connectivity index (χ0) is 11.9. The molecule has 0 aliphatic rings. The molecule has 16 heavy (non-hydrogen) atoms. The molecule has 0 aliphatic heterocycles. The fourth-order valence-electron chi connectivity index (χ4n) is 1.65. The molecule has 0 atom stereocenters. The fraction of sp³-hybridized carbons (Fsp3) is 0.400. The van der Waals surface area contributed by atoms with Crippen LogP contribution in [0.1, 0.15) is 11.4 Å². The summed E-state index contributed by atoms with van der Waals surface area (Å²) in [5, 5.41) is 5.96. The monoisotopic (exact) mass is 238 g/mol. The maximum absolute atomic E-state index is 11.8. The standard InChI is InChI=1S/C10H14N4OS/c1-7-9-10(14(2)13-7)8(11-6-12-9)5-16(3,4)15/h5-6H,1-4H3. The quantitative estimate of drug-likeness (QED) is 0.673. The van der Waals surface area contributed by atoms with Crippen LogP contribution in [0, 0.1) is 6.92 Å². The number of aromatic nitrogens is 4. The highest BCUT2D eigenvalue weighted by Crippen LogP contribution is 2.15. The Balaban J connectivity index is 2.87. The third-order valence-electron chi connectivity index (χ3n) is 2.21. The minimum absolute atomic E-state index is 0.683. The predicted molar refractivity (Wildman–Crippen MR) is 66.2 cm³/mol. The Kier molecular flexibility index (Phi) is 2.46. The molecular weight excluding hydrogens is 224 g/mol.